The number of fused-ring (bicyclic) bond motifs is 1. The van der Waals surface area contributed by atoms with Gasteiger partial charge in [0.05, 0.1) is 0 Å². The summed E-state index contributed by atoms with van der Waals surface area (Å²) in [6.45, 7) is 0. The lowest BCUT2D eigenvalue weighted by atomic mass is 10.2. The Morgan fingerprint density at radius 3 is 2.92 bits per heavy atom. The fourth-order valence-electron chi connectivity index (χ4n) is 1.20. The van der Waals surface area contributed by atoms with E-state index in [2.05, 4.69) is 15.9 Å². The van der Waals surface area contributed by atoms with Crippen LogP contribution in [0.3, 0.4) is 0 Å². The Bertz CT molecular complexity index is 478. The van der Waals surface area contributed by atoms with E-state index in [-0.39, 0.29) is 5.82 Å². The molecule has 4 heteroatoms. The SMILES string of the molecule is O=Cc1csc2cc(Br)cc(F)c12. The summed E-state index contributed by atoms with van der Waals surface area (Å²) in [5.41, 5.74) is 0.421. The van der Waals surface area contributed by atoms with Crippen LogP contribution in [0.2, 0.25) is 0 Å². The van der Waals surface area contributed by atoms with E-state index >= 15 is 0 Å². The third-order valence-electron chi connectivity index (χ3n) is 1.75. The van der Waals surface area contributed by atoms with Crippen molar-refractivity contribution in [3.05, 3.63) is 33.4 Å². The van der Waals surface area contributed by atoms with Gasteiger partial charge in [0.25, 0.3) is 0 Å². The van der Waals surface area contributed by atoms with E-state index in [0.717, 1.165) is 4.70 Å². The van der Waals surface area contributed by atoms with Gasteiger partial charge in [-0.05, 0) is 12.1 Å². The lowest BCUT2D eigenvalue weighted by molar-refractivity contribution is 0.112. The van der Waals surface area contributed by atoms with Gasteiger partial charge in [-0.3, -0.25) is 4.79 Å². The molecule has 0 aliphatic carbocycles. The average Bonchev–Trinajstić information content (AvgIpc) is 2.47. The minimum absolute atomic E-state index is 0.354. The summed E-state index contributed by atoms with van der Waals surface area (Å²) in [7, 11) is 0. The van der Waals surface area contributed by atoms with Crippen LogP contribution in [0.1, 0.15) is 10.4 Å². The predicted octanol–water partition coefficient (Wildman–Crippen LogP) is 3.62. The van der Waals surface area contributed by atoms with Gasteiger partial charge in [0, 0.05) is 25.5 Å². The lowest BCUT2D eigenvalue weighted by Crippen LogP contribution is -1.81. The molecule has 0 aliphatic rings. The van der Waals surface area contributed by atoms with Gasteiger partial charge in [-0.1, -0.05) is 15.9 Å². The Labute approximate surface area is 86.3 Å². The van der Waals surface area contributed by atoms with Crippen molar-refractivity contribution >= 4 is 43.6 Å². The summed E-state index contributed by atoms with van der Waals surface area (Å²) in [5.74, 6) is -0.354. The predicted molar refractivity (Wildman–Crippen MR) is 54.9 cm³/mol. The van der Waals surface area contributed by atoms with Crippen molar-refractivity contribution in [1.82, 2.24) is 0 Å². The summed E-state index contributed by atoms with van der Waals surface area (Å²) in [5, 5.41) is 2.08. The molecule has 0 amide bonds. The molecule has 2 rings (SSSR count). The first kappa shape index (κ1) is 8.84. The summed E-state index contributed by atoms with van der Waals surface area (Å²) in [6, 6.07) is 3.16. The van der Waals surface area contributed by atoms with Crippen molar-refractivity contribution in [2.24, 2.45) is 0 Å². The Hall–Kier alpha value is -0.740. The second-order valence-corrected chi connectivity index (χ2v) is 4.40. The standard InChI is InChI=1S/C9H4BrFOS/c10-6-1-7(11)9-5(3-12)4-13-8(9)2-6/h1-4H. The van der Waals surface area contributed by atoms with E-state index in [1.807, 2.05) is 0 Å². The first-order valence-electron chi connectivity index (χ1n) is 3.54. The van der Waals surface area contributed by atoms with Gasteiger partial charge in [0.2, 0.25) is 0 Å². The molecule has 0 N–H and O–H groups in total. The second kappa shape index (κ2) is 3.20. The number of carbonyl (C=O) groups is 1. The molecule has 0 fully saturated rings. The quantitative estimate of drug-likeness (QED) is 0.715. The lowest BCUT2D eigenvalue weighted by Gasteiger charge is -1.94. The smallest absolute Gasteiger partial charge is 0.151 e. The molecule has 0 saturated heterocycles. The van der Waals surface area contributed by atoms with E-state index < -0.39 is 0 Å². The van der Waals surface area contributed by atoms with Crippen LogP contribution in [0.4, 0.5) is 4.39 Å². The largest absolute Gasteiger partial charge is 0.298 e. The topological polar surface area (TPSA) is 17.1 Å². The maximum absolute atomic E-state index is 13.3. The summed E-state index contributed by atoms with van der Waals surface area (Å²) < 4.78 is 14.8. The number of rotatable bonds is 1. The van der Waals surface area contributed by atoms with Gasteiger partial charge >= 0.3 is 0 Å². The van der Waals surface area contributed by atoms with Crippen LogP contribution in [-0.4, -0.2) is 6.29 Å². The van der Waals surface area contributed by atoms with Gasteiger partial charge in [-0.2, -0.15) is 0 Å². The monoisotopic (exact) mass is 258 g/mol. The van der Waals surface area contributed by atoms with Crippen LogP contribution in [0, 0.1) is 5.82 Å². The Kier molecular flexibility index (Phi) is 2.17. The van der Waals surface area contributed by atoms with Crippen molar-refractivity contribution in [3.63, 3.8) is 0 Å². The Morgan fingerprint density at radius 1 is 1.46 bits per heavy atom. The number of benzene rings is 1. The van der Waals surface area contributed by atoms with Gasteiger partial charge in [0.1, 0.15) is 5.82 Å². The highest BCUT2D eigenvalue weighted by molar-refractivity contribution is 9.10. The van der Waals surface area contributed by atoms with Crippen LogP contribution in [0.5, 0.6) is 0 Å². The molecule has 13 heavy (non-hydrogen) atoms. The fraction of sp³-hybridized carbons (Fsp3) is 0. The van der Waals surface area contributed by atoms with E-state index in [1.165, 1.54) is 17.4 Å². The minimum atomic E-state index is -0.354. The number of thiophene rings is 1. The van der Waals surface area contributed by atoms with Crippen LogP contribution in [-0.2, 0) is 0 Å². The molecule has 1 aromatic heterocycles. The van der Waals surface area contributed by atoms with E-state index in [4.69, 9.17) is 0 Å². The molecule has 0 unspecified atom stereocenters. The van der Waals surface area contributed by atoms with E-state index in [9.17, 15) is 9.18 Å². The van der Waals surface area contributed by atoms with Gasteiger partial charge in [-0.15, -0.1) is 11.3 Å². The highest BCUT2D eigenvalue weighted by Gasteiger charge is 2.09. The Morgan fingerprint density at radius 2 is 2.23 bits per heavy atom. The molecule has 1 heterocycles. The summed E-state index contributed by atoms with van der Waals surface area (Å²) in [6.07, 6.45) is 0.676. The van der Waals surface area contributed by atoms with Gasteiger partial charge < -0.3 is 0 Å². The maximum atomic E-state index is 13.3. The Balaban J connectivity index is 2.89. The molecule has 0 atom stereocenters. The molecule has 1 aromatic carbocycles. The second-order valence-electron chi connectivity index (χ2n) is 2.57. The number of halogens is 2. The molecular weight excluding hydrogens is 255 g/mol. The van der Waals surface area contributed by atoms with Crippen LogP contribution < -0.4 is 0 Å². The zero-order chi connectivity index (χ0) is 9.42. The molecular formula is C9H4BrFOS. The van der Waals surface area contributed by atoms with Crippen molar-refractivity contribution in [1.29, 1.82) is 0 Å². The van der Waals surface area contributed by atoms with Crippen molar-refractivity contribution in [3.8, 4) is 0 Å². The average molecular weight is 259 g/mol. The van der Waals surface area contributed by atoms with Crippen LogP contribution in [0.15, 0.2) is 22.0 Å². The molecule has 2 aromatic rings. The van der Waals surface area contributed by atoms with Crippen molar-refractivity contribution < 1.29 is 9.18 Å². The number of carbonyl (C=O) groups excluding carboxylic acids is 1. The first-order valence-corrected chi connectivity index (χ1v) is 5.21. The number of aldehydes is 1. The zero-order valence-electron chi connectivity index (χ0n) is 6.38. The number of hydrogen-bond donors (Lipinski definition) is 0. The minimum Gasteiger partial charge on any atom is -0.298 e. The third-order valence-corrected chi connectivity index (χ3v) is 3.15. The van der Waals surface area contributed by atoms with Crippen LogP contribution in [0.25, 0.3) is 10.1 Å². The highest BCUT2D eigenvalue weighted by atomic mass is 79.9. The van der Waals surface area contributed by atoms with E-state index in [1.54, 1.807) is 11.4 Å². The molecule has 66 valence electrons. The fourth-order valence-corrected chi connectivity index (χ4v) is 2.73. The molecule has 0 radical (unpaired) electrons. The maximum Gasteiger partial charge on any atom is 0.151 e. The van der Waals surface area contributed by atoms with Crippen molar-refractivity contribution in [2.45, 2.75) is 0 Å². The van der Waals surface area contributed by atoms with Crippen molar-refractivity contribution in [2.75, 3.05) is 0 Å². The molecule has 0 saturated carbocycles. The van der Waals surface area contributed by atoms with Gasteiger partial charge in [0.15, 0.2) is 6.29 Å². The normalized spacial score (nSPS) is 10.6. The van der Waals surface area contributed by atoms with E-state index in [0.29, 0.717) is 21.7 Å². The molecule has 0 aliphatic heterocycles. The third kappa shape index (κ3) is 1.40. The highest BCUT2D eigenvalue weighted by Crippen LogP contribution is 2.30. The molecule has 0 spiro atoms. The first-order chi connectivity index (χ1) is 6.22. The zero-order valence-corrected chi connectivity index (χ0v) is 8.78. The summed E-state index contributed by atoms with van der Waals surface area (Å²) >= 11 is 4.56. The molecule has 0 bridgehead atoms. The summed E-state index contributed by atoms with van der Waals surface area (Å²) in [4.78, 5) is 10.5. The van der Waals surface area contributed by atoms with Gasteiger partial charge in [-0.25, -0.2) is 4.39 Å². The number of hydrogen-bond acceptors (Lipinski definition) is 2. The van der Waals surface area contributed by atoms with Crippen LogP contribution >= 0.6 is 27.3 Å². The molecule has 1 nitrogen and oxygen atoms in total.